The predicted molar refractivity (Wildman–Crippen MR) is 64.3 cm³/mol. The van der Waals surface area contributed by atoms with Crippen molar-refractivity contribution in [2.75, 3.05) is 12.4 Å². The van der Waals surface area contributed by atoms with Crippen LogP contribution < -0.4 is 4.72 Å². The van der Waals surface area contributed by atoms with E-state index >= 15 is 0 Å². The molecule has 0 bridgehead atoms. The average molecular weight is 267 g/mol. The van der Waals surface area contributed by atoms with Crippen molar-refractivity contribution in [2.24, 2.45) is 0 Å². The first-order chi connectivity index (χ1) is 7.78. The highest BCUT2D eigenvalue weighted by Gasteiger charge is 2.22. The lowest BCUT2D eigenvalue weighted by Crippen LogP contribution is -2.42. The SMILES string of the molecule is CCCC(NS(=O)(=O)CCOC(C)C)C(=O)O. The summed E-state index contributed by atoms with van der Waals surface area (Å²) in [6.07, 6.45) is 0.831. The second-order valence-corrected chi connectivity index (χ2v) is 5.91. The van der Waals surface area contributed by atoms with Crippen LogP contribution in [0.15, 0.2) is 0 Å². The summed E-state index contributed by atoms with van der Waals surface area (Å²) in [7, 11) is -3.60. The molecule has 1 unspecified atom stereocenters. The van der Waals surface area contributed by atoms with E-state index < -0.39 is 22.0 Å². The number of rotatable bonds is 9. The van der Waals surface area contributed by atoms with E-state index in [0.717, 1.165) is 0 Å². The normalized spacial score (nSPS) is 13.9. The second kappa shape index (κ2) is 7.62. The zero-order valence-electron chi connectivity index (χ0n) is 10.5. The van der Waals surface area contributed by atoms with Crippen molar-refractivity contribution < 1.29 is 23.1 Å². The van der Waals surface area contributed by atoms with Crippen LogP contribution in [0.5, 0.6) is 0 Å². The van der Waals surface area contributed by atoms with Crippen LogP contribution in [0.4, 0.5) is 0 Å². The Morgan fingerprint density at radius 1 is 1.41 bits per heavy atom. The van der Waals surface area contributed by atoms with E-state index in [1.54, 1.807) is 20.8 Å². The number of carboxylic acid groups (broad SMARTS) is 1. The summed E-state index contributed by atoms with van der Waals surface area (Å²) >= 11 is 0. The lowest BCUT2D eigenvalue weighted by atomic mass is 10.2. The highest BCUT2D eigenvalue weighted by atomic mass is 32.2. The van der Waals surface area contributed by atoms with Crippen molar-refractivity contribution in [2.45, 2.75) is 45.8 Å². The number of hydrogen-bond donors (Lipinski definition) is 2. The highest BCUT2D eigenvalue weighted by molar-refractivity contribution is 7.89. The number of carboxylic acids is 1. The molecule has 0 aliphatic heterocycles. The zero-order valence-corrected chi connectivity index (χ0v) is 11.3. The number of carbonyl (C=O) groups is 1. The molecule has 102 valence electrons. The van der Waals surface area contributed by atoms with Crippen molar-refractivity contribution in [1.82, 2.24) is 4.72 Å². The summed E-state index contributed by atoms with van der Waals surface area (Å²) in [5, 5.41) is 8.82. The van der Waals surface area contributed by atoms with E-state index in [2.05, 4.69) is 4.72 Å². The van der Waals surface area contributed by atoms with Gasteiger partial charge >= 0.3 is 5.97 Å². The molecule has 0 fully saturated rings. The lowest BCUT2D eigenvalue weighted by Gasteiger charge is -2.14. The zero-order chi connectivity index (χ0) is 13.5. The Bertz CT molecular complexity index is 326. The third-order valence-corrected chi connectivity index (χ3v) is 3.35. The van der Waals surface area contributed by atoms with Gasteiger partial charge in [-0.3, -0.25) is 4.79 Å². The maximum absolute atomic E-state index is 11.5. The molecule has 0 aromatic carbocycles. The van der Waals surface area contributed by atoms with Gasteiger partial charge in [0.15, 0.2) is 0 Å². The molecule has 0 aliphatic rings. The number of hydrogen-bond acceptors (Lipinski definition) is 4. The van der Waals surface area contributed by atoms with Crippen molar-refractivity contribution in [3.63, 3.8) is 0 Å². The van der Waals surface area contributed by atoms with Gasteiger partial charge in [-0.15, -0.1) is 0 Å². The monoisotopic (exact) mass is 267 g/mol. The van der Waals surface area contributed by atoms with E-state index in [1.165, 1.54) is 0 Å². The predicted octanol–water partition coefficient (Wildman–Crippen LogP) is 0.584. The van der Waals surface area contributed by atoms with Gasteiger partial charge in [0.05, 0.1) is 18.5 Å². The average Bonchev–Trinajstić information content (AvgIpc) is 2.15. The molecule has 2 N–H and O–H groups in total. The Morgan fingerprint density at radius 3 is 2.41 bits per heavy atom. The summed E-state index contributed by atoms with van der Waals surface area (Å²) in [5.41, 5.74) is 0. The Morgan fingerprint density at radius 2 is 2.00 bits per heavy atom. The van der Waals surface area contributed by atoms with Crippen molar-refractivity contribution in [3.8, 4) is 0 Å². The number of ether oxygens (including phenoxy) is 1. The van der Waals surface area contributed by atoms with E-state index in [9.17, 15) is 13.2 Å². The first kappa shape index (κ1) is 16.3. The second-order valence-electron chi connectivity index (χ2n) is 4.04. The fraction of sp³-hybridized carbons (Fsp3) is 0.900. The molecule has 0 heterocycles. The molecule has 6 nitrogen and oxygen atoms in total. The molecular formula is C10H21NO5S. The molecule has 0 aromatic heterocycles. The topological polar surface area (TPSA) is 92.7 Å². The van der Waals surface area contributed by atoms with E-state index in [4.69, 9.17) is 9.84 Å². The summed E-state index contributed by atoms with van der Waals surface area (Å²) < 4.78 is 30.4. The van der Waals surface area contributed by atoms with Gasteiger partial charge in [0.2, 0.25) is 10.0 Å². The molecule has 7 heteroatoms. The van der Waals surface area contributed by atoms with Crippen LogP contribution in [0.1, 0.15) is 33.6 Å². The van der Waals surface area contributed by atoms with E-state index in [0.29, 0.717) is 6.42 Å². The first-order valence-corrected chi connectivity index (χ1v) is 7.28. The van der Waals surface area contributed by atoms with E-state index in [1.807, 2.05) is 0 Å². The van der Waals surface area contributed by atoms with Gasteiger partial charge in [-0.1, -0.05) is 13.3 Å². The van der Waals surface area contributed by atoms with Crippen LogP contribution >= 0.6 is 0 Å². The van der Waals surface area contributed by atoms with Crippen molar-refractivity contribution in [3.05, 3.63) is 0 Å². The van der Waals surface area contributed by atoms with Gasteiger partial charge in [-0.25, -0.2) is 13.1 Å². The molecule has 0 radical (unpaired) electrons. The molecule has 0 rings (SSSR count). The highest BCUT2D eigenvalue weighted by Crippen LogP contribution is 2.00. The number of nitrogens with one attached hydrogen (secondary N) is 1. The minimum absolute atomic E-state index is 0.0453. The summed E-state index contributed by atoms with van der Waals surface area (Å²) in [4.78, 5) is 10.8. The van der Waals surface area contributed by atoms with Crippen LogP contribution in [-0.2, 0) is 19.6 Å². The summed E-state index contributed by atoms with van der Waals surface area (Å²) in [5.74, 6) is -1.38. The standard InChI is InChI=1S/C10H21NO5S/c1-4-5-9(10(12)13)11-17(14,15)7-6-16-8(2)3/h8-9,11H,4-7H2,1-3H3,(H,12,13). The van der Waals surface area contributed by atoms with Crippen molar-refractivity contribution in [1.29, 1.82) is 0 Å². The summed E-state index contributed by atoms with van der Waals surface area (Å²) in [6.45, 7) is 5.46. The van der Waals surface area contributed by atoms with Crippen LogP contribution in [-0.4, -0.2) is 44.0 Å². The van der Waals surface area contributed by atoms with E-state index in [-0.39, 0.29) is 24.9 Å². The van der Waals surface area contributed by atoms with Crippen molar-refractivity contribution >= 4 is 16.0 Å². The molecule has 0 saturated heterocycles. The fourth-order valence-electron chi connectivity index (χ4n) is 1.19. The molecule has 1 atom stereocenters. The maximum Gasteiger partial charge on any atom is 0.321 e. The fourth-order valence-corrected chi connectivity index (χ4v) is 2.28. The molecule has 0 saturated carbocycles. The number of sulfonamides is 1. The first-order valence-electron chi connectivity index (χ1n) is 5.63. The largest absolute Gasteiger partial charge is 0.480 e. The summed E-state index contributed by atoms with van der Waals surface area (Å²) in [6, 6.07) is -1.05. The minimum atomic E-state index is -3.60. The maximum atomic E-state index is 11.5. The van der Waals surface area contributed by atoms with Gasteiger partial charge < -0.3 is 9.84 Å². The molecule has 0 aromatic rings. The number of aliphatic carboxylic acids is 1. The third-order valence-electron chi connectivity index (χ3n) is 2.00. The Hall–Kier alpha value is -0.660. The Kier molecular flexibility index (Phi) is 7.33. The minimum Gasteiger partial charge on any atom is -0.480 e. The Labute approximate surface area is 102 Å². The van der Waals surface area contributed by atoms with Gasteiger partial charge in [-0.05, 0) is 20.3 Å². The van der Waals surface area contributed by atoms with Gasteiger partial charge in [0.1, 0.15) is 6.04 Å². The smallest absolute Gasteiger partial charge is 0.321 e. The molecule has 0 amide bonds. The van der Waals surface area contributed by atoms with Crippen LogP contribution in [0.2, 0.25) is 0 Å². The third kappa shape index (κ3) is 8.12. The Balaban J connectivity index is 4.26. The lowest BCUT2D eigenvalue weighted by molar-refractivity contribution is -0.139. The van der Waals surface area contributed by atoms with Crippen LogP contribution in [0, 0.1) is 0 Å². The van der Waals surface area contributed by atoms with Gasteiger partial charge in [-0.2, -0.15) is 0 Å². The molecule has 0 spiro atoms. The molecule has 0 aliphatic carbocycles. The molecular weight excluding hydrogens is 246 g/mol. The quantitative estimate of drug-likeness (QED) is 0.637. The van der Waals surface area contributed by atoms with Gasteiger partial charge in [0, 0.05) is 0 Å². The van der Waals surface area contributed by atoms with Crippen LogP contribution in [0.25, 0.3) is 0 Å². The van der Waals surface area contributed by atoms with Crippen LogP contribution in [0.3, 0.4) is 0 Å². The van der Waals surface area contributed by atoms with Gasteiger partial charge in [0.25, 0.3) is 0 Å². The molecule has 17 heavy (non-hydrogen) atoms.